The first-order chi connectivity index (χ1) is 3.93. The Kier molecular flexibility index (Phi) is 2.30. The van der Waals surface area contributed by atoms with Gasteiger partial charge < -0.3 is 10.5 Å². The summed E-state index contributed by atoms with van der Waals surface area (Å²) in [4.78, 5) is 0. The molecule has 0 aromatic carbocycles. The van der Waals surface area contributed by atoms with Crippen molar-refractivity contribution in [2.24, 2.45) is 0 Å². The van der Waals surface area contributed by atoms with Crippen molar-refractivity contribution in [3.05, 3.63) is 0 Å². The van der Waals surface area contributed by atoms with E-state index in [4.69, 9.17) is 4.74 Å². The summed E-state index contributed by atoms with van der Waals surface area (Å²) in [5.74, 6) is 0. The molecule has 0 radical (unpaired) electrons. The largest absolute Gasteiger partial charge is 0.372 e. The lowest BCUT2D eigenvalue weighted by atomic mass is 10.1. The van der Waals surface area contributed by atoms with Crippen LogP contribution in [0.5, 0.6) is 0 Å². The molecule has 0 unspecified atom stereocenters. The summed E-state index contributed by atoms with van der Waals surface area (Å²) >= 11 is 0. The molecule has 48 valence electrons. The molecular weight excluding hydrogens is 102 g/mol. The molecule has 0 saturated carbocycles. The van der Waals surface area contributed by atoms with Crippen molar-refractivity contribution in [2.75, 3.05) is 13.2 Å². The Bertz CT molecular complexity index is 59.5. The highest BCUT2D eigenvalue weighted by molar-refractivity contribution is 4.59. The summed E-state index contributed by atoms with van der Waals surface area (Å²) in [6, 6.07) is 0. The topological polar surface area (TPSA) is 36.9 Å². The van der Waals surface area contributed by atoms with Gasteiger partial charge in [-0.05, 0) is 19.3 Å². The lowest BCUT2D eigenvalue weighted by Crippen LogP contribution is -2.56. The van der Waals surface area contributed by atoms with Crippen LogP contribution in [0.1, 0.15) is 19.3 Å². The first kappa shape index (κ1) is 6.05. The molecule has 0 aromatic heterocycles. The summed E-state index contributed by atoms with van der Waals surface area (Å²) in [5, 5.41) is 0. The summed E-state index contributed by atoms with van der Waals surface area (Å²) in [7, 11) is 0. The van der Waals surface area contributed by atoms with Gasteiger partial charge in [-0.15, -0.1) is 0 Å². The molecule has 1 saturated heterocycles. The van der Waals surface area contributed by atoms with Crippen molar-refractivity contribution in [3.63, 3.8) is 0 Å². The Hall–Kier alpha value is -0.0800. The van der Waals surface area contributed by atoms with E-state index >= 15 is 0 Å². The average molecular weight is 116 g/mol. The molecule has 1 rings (SSSR count). The van der Waals surface area contributed by atoms with E-state index in [9.17, 15) is 0 Å². The third-order valence-electron chi connectivity index (χ3n) is 1.60. The fourth-order valence-corrected chi connectivity index (χ4v) is 1.04. The van der Waals surface area contributed by atoms with E-state index in [1.807, 2.05) is 0 Å². The van der Waals surface area contributed by atoms with E-state index in [1.165, 1.54) is 19.3 Å². The van der Waals surface area contributed by atoms with Crippen LogP contribution in [0.4, 0.5) is 0 Å². The van der Waals surface area contributed by atoms with Gasteiger partial charge in [-0.3, -0.25) is 0 Å². The predicted octanol–water partition coefficient (Wildman–Crippen LogP) is -0.203. The van der Waals surface area contributed by atoms with Crippen molar-refractivity contribution < 1.29 is 10.5 Å². The maximum absolute atomic E-state index is 5.36. The summed E-state index contributed by atoms with van der Waals surface area (Å²) in [6.45, 7) is 1.90. The van der Waals surface area contributed by atoms with E-state index < -0.39 is 0 Å². The van der Waals surface area contributed by atoms with Crippen molar-refractivity contribution in [1.82, 2.24) is 0 Å². The maximum atomic E-state index is 5.36. The molecule has 1 atom stereocenters. The summed E-state index contributed by atoms with van der Waals surface area (Å²) < 4.78 is 5.36. The molecule has 1 heterocycles. The fraction of sp³-hybridized carbons (Fsp3) is 1.00. The van der Waals surface area contributed by atoms with Crippen LogP contribution in [0.25, 0.3) is 0 Å². The van der Waals surface area contributed by atoms with E-state index in [1.54, 1.807) is 0 Å². The zero-order valence-electron chi connectivity index (χ0n) is 5.23. The van der Waals surface area contributed by atoms with Gasteiger partial charge in [0.05, 0.1) is 0 Å². The van der Waals surface area contributed by atoms with Crippen LogP contribution in [0, 0.1) is 0 Å². The van der Waals surface area contributed by atoms with Gasteiger partial charge in [-0.25, -0.2) is 0 Å². The quantitative estimate of drug-likeness (QED) is 0.506. The SMILES string of the molecule is [NH3+]C[C@@H]1CCCCO1. The molecule has 0 spiro atoms. The van der Waals surface area contributed by atoms with Gasteiger partial charge in [-0.2, -0.15) is 0 Å². The third-order valence-corrected chi connectivity index (χ3v) is 1.60. The van der Waals surface area contributed by atoms with Crippen molar-refractivity contribution >= 4 is 0 Å². The van der Waals surface area contributed by atoms with E-state index in [0.717, 1.165) is 13.2 Å². The van der Waals surface area contributed by atoms with Gasteiger partial charge in [0.2, 0.25) is 0 Å². The first-order valence-corrected chi connectivity index (χ1v) is 3.34. The van der Waals surface area contributed by atoms with E-state index in [2.05, 4.69) is 5.73 Å². The molecule has 1 aliphatic rings. The average Bonchev–Trinajstić information content (AvgIpc) is 1.90. The third kappa shape index (κ3) is 1.46. The van der Waals surface area contributed by atoms with Gasteiger partial charge in [-0.1, -0.05) is 0 Å². The first-order valence-electron chi connectivity index (χ1n) is 3.34. The smallest absolute Gasteiger partial charge is 0.106 e. The normalized spacial score (nSPS) is 30.4. The Labute approximate surface area is 50.0 Å². The number of ether oxygens (including phenoxy) is 1. The minimum atomic E-state index is 0.476. The van der Waals surface area contributed by atoms with Crippen LogP contribution in [-0.2, 0) is 4.74 Å². The molecule has 2 heteroatoms. The lowest BCUT2D eigenvalue weighted by Gasteiger charge is -2.18. The van der Waals surface area contributed by atoms with Crippen molar-refractivity contribution in [3.8, 4) is 0 Å². The highest BCUT2D eigenvalue weighted by Gasteiger charge is 2.12. The minimum Gasteiger partial charge on any atom is -0.372 e. The molecule has 1 fully saturated rings. The second kappa shape index (κ2) is 3.05. The molecule has 3 N–H and O–H groups in total. The Morgan fingerprint density at radius 2 is 2.38 bits per heavy atom. The zero-order chi connectivity index (χ0) is 5.82. The molecular formula is C6H14NO+. The fourth-order valence-electron chi connectivity index (χ4n) is 1.04. The molecule has 8 heavy (non-hydrogen) atoms. The van der Waals surface area contributed by atoms with Gasteiger partial charge in [0.25, 0.3) is 0 Å². The van der Waals surface area contributed by atoms with Gasteiger partial charge in [0, 0.05) is 6.61 Å². The minimum absolute atomic E-state index is 0.476. The number of quaternary nitrogens is 1. The van der Waals surface area contributed by atoms with Gasteiger partial charge in [0.1, 0.15) is 12.6 Å². The van der Waals surface area contributed by atoms with Crippen LogP contribution in [0.3, 0.4) is 0 Å². The number of rotatable bonds is 1. The highest BCUT2D eigenvalue weighted by atomic mass is 16.5. The second-order valence-corrected chi connectivity index (χ2v) is 2.28. The van der Waals surface area contributed by atoms with Gasteiger partial charge in [0.15, 0.2) is 0 Å². The summed E-state index contributed by atoms with van der Waals surface area (Å²) in [6.07, 6.45) is 4.28. The Morgan fingerprint density at radius 1 is 1.50 bits per heavy atom. The van der Waals surface area contributed by atoms with Crippen LogP contribution in [0.15, 0.2) is 0 Å². The molecule has 2 nitrogen and oxygen atoms in total. The van der Waals surface area contributed by atoms with Crippen LogP contribution >= 0.6 is 0 Å². The Morgan fingerprint density at radius 3 is 2.75 bits per heavy atom. The summed E-state index contributed by atoms with van der Waals surface area (Å²) in [5.41, 5.74) is 3.78. The zero-order valence-corrected chi connectivity index (χ0v) is 5.23. The van der Waals surface area contributed by atoms with Crippen LogP contribution in [0.2, 0.25) is 0 Å². The second-order valence-electron chi connectivity index (χ2n) is 2.28. The molecule has 0 aromatic rings. The standard InChI is InChI=1S/C6H13NO/c7-5-6-3-1-2-4-8-6/h6H,1-5,7H2/p+1/t6-/m0/s1. The molecule has 1 aliphatic heterocycles. The van der Waals surface area contributed by atoms with E-state index in [-0.39, 0.29) is 0 Å². The molecule has 0 amide bonds. The number of hydrogen-bond acceptors (Lipinski definition) is 1. The van der Waals surface area contributed by atoms with Crippen LogP contribution < -0.4 is 5.73 Å². The molecule has 0 aliphatic carbocycles. The predicted molar refractivity (Wildman–Crippen MR) is 31.3 cm³/mol. The highest BCUT2D eigenvalue weighted by Crippen LogP contribution is 2.10. The Balaban J connectivity index is 2.13. The van der Waals surface area contributed by atoms with E-state index in [0.29, 0.717) is 6.10 Å². The molecule has 0 bridgehead atoms. The maximum Gasteiger partial charge on any atom is 0.106 e. The lowest BCUT2D eigenvalue weighted by molar-refractivity contribution is -0.388. The number of hydrogen-bond donors (Lipinski definition) is 1. The van der Waals surface area contributed by atoms with Crippen molar-refractivity contribution in [2.45, 2.75) is 25.4 Å². The monoisotopic (exact) mass is 116 g/mol. The van der Waals surface area contributed by atoms with Crippen LogP contribution in [-0.4, -0.2) is 19.3 Å². The van der Waals surface area contributed by atoms with Crippen molar-refractivity contribution in [1.29, 1.82) is 0 Å². The van der Waals surface area contributed by atoms with Gasteiger partial charge >= 0.3 is 0 Å².